The highest BCUT2D eigenvalue weighted by Crippen LogP contribution is 2.55. The van der Waals surface area contributed by atoms with Crippen molar-refractivity contribution in [2.45, 2.75) is 143 Å². The fraction of sp³-hybridized carbons (Fsp3) is 0.591. The van der Waals surface area contributed by atoms with Gasteiger partial charge in [-0.2, -0.15) is 0 Å². The molecule has 1 N–H and O–H groups in total. The third kappa shape index (κ3) is 8.35. The number of rotatable bonds is 15. The third-order valence-electron chi connectivity index (χ3n) is 10.9. The molecule has 1 aliphatic heterocycles. The highest BCUT2D eigenvalue weighted by atomic mass is 16.5. The van der Waals surface area contributed by atoms with E-state index in [1.165, 1.54) is 73.6 Å². The maximum Gasteiger partial charge on any atom is 0.131 e. The molecule has 0 unspecified atom stereocenters. The van der Waals surface area contributed by atoms with Crippen LogP contribution in [-0.4, -0.2) is 23.9 Å². The fourth-order valence-corrected chi connectivity index (χ4v) is 8.30. The number of aromatic hydroxyl groups is 1. The molecule has 3 atom stereocenters. The summed E-state index contributed by atoms with van der Waals surface area (Å²) in [6.45, 7) is 18.8. The highest BCUT2D eigenvalue weighted by molar-refractivity contribution is 5.80. The number of phenolic OH excluding ortho intramolecular Hbond substituents is 1. The van der Waals surface area contributed by atoms with Gasteiger partial charge in [0.05, 0.1) is 5.56 Å². The third-order valence-corrected chi connectivity index (χ3v) is 10.9. The van der Waals surface area contributed by atoms with Crippen LogP contribution in [0.1, 0.15) is 146 Å². The van der Waals surface area contributed by atoms with E-state index in [-0.39, 0.29) is 5.60 Å². The van der Waals surface area contributed by atoms with E-state index >= 15 is 0 Å². The van der Waals surface area contributed by atoms with Crippen LogP contribution in [0.15, 0.2) is 42.5 Å². The predicted molar refractivity (Wildman–Crippen MR) is 200 cm³/mol. The zero-order valence-corrected chi connectivity index (χ0v) is 31.2. The molecule has 4 nitrogen and oxygen atoms in total. The minimum atomic E-state index is -0.189. The van der Waals surface area contributed by atoms with Crippen LogP contribution in [0, 0.1) is 18.8 Å². The van der Waals surface area contributed by atoms with Gasteiger partial charge in [0.25, 0.3) is 0 Å². The largest absolute Gasteiger partial charge is 0.507 e. The molecule has 1 aliphatic carbocycles. The zero-order valence-electron chi connectivity index (χ0n) is 31.2. The monoisotopic (exact) mass is 654 g/mol. The van der Waals surface area contributed by atoms with Gasteiger partial charge in [-0.1, -0.05) is 90.5 Å². The lowest BCUT2D eigenvalue weighted by Crippen LogP contribution is -2.46. The minimum Gasteiger partial charge on any atom is -0.507 e. The van der Waals surface area contributed by atoms with E-state index in [0.29, 0.717) is 42.6 Å². The lowest BCUT2D eigenvalue weighted by molar-refractivity contribution is -0.0149. The van der Waals surface area contributed by atoms with Crippen LogP contribution in [0.5, 0.6) is 23.0 Å². The standard InChI is InChI=1S/C44H62O4/c1-9-11-13-15-32-25-38(45)42(35-23-30(5)17-19-34(35)29(3)4)39(26-32)46-21-22-47-40-27-33(16-14-12-10-2)28-41-43(40)36-24-31(6)18-20-37(36)44(7,8)48-41/h17,19,23,25-29,31,36-37,45H,9-16,18,20-22,24H2,1-8H3/t31-,36+,37+/m0/s1. The van der Waals surface area contributed by atoms with Gasteiger partial charge in [-0.15, -0.1) is 0 Å². The Kier molecular flexibility index (Phi) is 12.1. The summed E-state index contributed by atoms with van der Waals surface area (Å²) < 4.78 is 20.2. The number of unbranched alkanes of at least 4 members (excludes halogenated alkanes) is 4. The topological polar surface area (TPSA) is 47.9 Å². The lowest BCUT2D eigenvalue weighted by Gasteiger charge is -2.49. The summed E-state index contributed by atoms with van der Waals surface area (Å²) in [5, 5.41) is 11.5. The Morgan fingerprint density at radius 1 is 0.854 bits per heavy atom. The van der Waals surface area contributed by atoms with E-state index in [2.05, 4.69) is 91.8 Å². The molecule has 5 rings (SSSR count). The average Bonchev–Trinajstić information content (AvgIpc) is 3.02. The van der Waals surface area contributed by atoms with Gasteiger partial charge in [0, 0.05) is 11.5 Å². The number of phenols is 1. The van der Waals surface area contributed by atoms with Gasteiger partial charge >= 0.3 is 0 Å². The molecule has 48 heavy (non-hydrogen) atoms. The first-order chi connectivity index (χ1) is 23.0. The Hall–Kier alpha value is -3.14. The van der Waals surface area contributed by atoms with Crippen molar-refractivity contribution in [2.75, 3.05) is 13.2 Å². The number of fused-ring (bicyclic) bond motifs is 3. The molecule has 3 aromatic carbocycles. The van der Waals surface area contributed by atoms with Crippen molar-refractivity contribution in [1.82, 2.24) is 0 Å². The van der Waals surface area contributed by atoms with E-state index in [0.717, 1.165) is 53.2 Å². The van der Waals surface area contributed by atoms with Crippen molar-refractivity contribution >= 4 is 0 Å². The van der Waals surface area contributed by atoms with Gasteiger partial charge in [-0.25, -0.2) is 0 Å². The van der Waals surface area contributed by atoms with E-state index < -0.39 is 0 Å². The highest BCUT2D eigenvalue weighted by Gasteiger charge is 2.47. The summed E-state index contributed by atoms with van der Waals surface area (Å²) in [6, 6.07) is 15.2. The first-order valence-electron chi connectivity index (χ1n) is 19.1. The van der Waals surface area contributed by atoms with Gasteiger partial charge in [-0.3, -0.25) is 0 Å². The molecule has 4 heteroatoms. The van der Waals surface area contributed by atoms with Crippen LogP contribution in [0.25, 0.3) is 11.1 Å². The molecule has 0 aromatic heterocycles. The maximum atomic E-state index is 11.5. The summed E-state index contributed by atoms with van der Waals surface area (Å²) >= 11 is 0. The molecule has 262 valence electrons. The SMILES string of the molecule is CCCCCc1cc(O)c(-c2cc(C)ccc2C(C)C)c(OCCOc2cc(CCCCC)cc3c2[C@@H]2C[C@@H](C)CC[C@H]2C(C)(C)O3)c1. The quantitative estimate of drug-likeness (QED) is 0.166. The van der Waals surface area contributed by atoms with Crippen LogP contribution < -0.4 is 14.2 Å². The molecule has 1 saturated carbocycles. The second kappa shape index (κ2) is 16.0. The molecule has 2 aliphatic rings. The van der Waals surface area contributed by atoms with Gasteiger partial charge in [0.1, 0.15) is 41.8 Å². The predicted octanol–water partition coefficient (Wildman–Crippen LogP) is 12.1. The second-order valence-corrected chi connectivity index (χ2v) is 15.7. The van der Waals surface area contributed by atoms with Crippen molar-refractivity contribution in [3.8, 4) is 34.1 Å². The van der Waals surface area contributed by atoms with E-state index in [1.54, 1.807) is 0 Å². The molecule has 0 spiro atoms. The van der Waals surface area contributed by atoms with Crippen molar-refractivity contribution in [1.29, 1.82) is 0 Å². The summed E-state index contributed by atoms with van der Waals surface area (Å²) in [7, 11) is 0. The van der Waals surface area contributed by atoms with Crippen LogP contribution in [0.3, 0.4) is 0 Å². The fourth-order valence-electron chi connectivity index (χ4n) is 8.30. The Balaban J connectivity index is 1.44. The number of ether oxygens (including phenoxy) is 3. The first-order valence-corrected chi connectivity index (χ1v) is 19.1. The summed E-state index contributed by atoms with van der Waals surface area (Å²) in [4.78, 5) is 0. The van der Waals surface area contributed by atoms with E-state index in [1.807, 2.05) is 6.07 Å². The molecular weight excluding hydrogens is 592 g/mol. The minimum absolute atomic E-state index is 0.189. The smallest absolute Gasteiger partial charge is 0.131 e. The molecule has 3 aromatic rings. The summed E-state index contributed by atoms with van der Waals surface area (Å²) in [6.07, 6.45) is 12.6. The molecule has 1 heterocycles. The summed E-state index contributed by atoms with van der Waals surface area (Å²) in [5.41, 5.74) is 7.69. The van der Waals surface area contributed by atoms with Gasteiger partial charge in [0.2, 0.25) is 0 Å². The van der Waals surface area contributed by atoms with Crippen LogP contribution in [0.4, 0.5) is 0 Å². The Labute approximate surface area is 291 Å². The van der Waals surface area contributed by atoms with E-state index in [4.69, 9.17) is 14.2 Å². The number of hydrogen-bond donors (Lipinski definition) is 1. The molecule has 0 amide bonds. The molecule has 0 radical (unpaired) electrons. The van der Waals surface area contributed by atoms with Crippen molar-refractivity contribution in [3.63, 3.8) is 0 Å². The molecule has 0 bridgehead atoms. The summed E-state index contributed by atoms with van der Waals surface area (Å²) in [5.74, 6) is 4.95. The number of aryl methyl sites for hydroxylation is 3. The van der Waals surface area contributed by atoms with Crippen molar-refractivity contribution in [3.05, 3.63) is 70.3 Å². The van der Waals surface area contributed by atoms with Gasteiger partial charge in [-0.05, 0) is 124 Å². The van der Waals surface area contributed by atoms with Crippen LogP contribution in [-0.2, 0) is 12.8 Å². The first kappa shape index (κ1) is 36.1. The number of benzene rings is 3. The van der Waals surface area contributed by atoms with E-state index in [9.17, 15) is 5.11 Å². The zero-order chi connectivity index (χ0) is 34.4. The normalized spacial score (nSPS) is 19.8. The molecular formula is C44H62O4. The molecule has 1 fully saturated rings. The van der Waals surface area contributed by atoms with Crippen molar-refractivity contribution < 1.29 is 19.3 Å². The lowest BCUT2D eigenvalue weighted by atomic mass is 9.64. The van der Waals surface area contributed by atoms with Crippen LogP contribution in [0.2, 0.25) is 0 Å². The second-order valence-electron chi connectivity index (χ2n) is 15.7. The molecule has 0 saturated heterocycles. The Bertz CT molecular complexity index is 1520. The number of hydrogen-bond acceptors (Lipinski definition) is 4. The van der Waals surface area contributed by atoms with Gasteiger partial charge in [0.15, 0.2) is 0 Å². The van der Waals surface area contributed by atoms with Gasteiger partial charge < -0.3 is 19.3 Å². The Morgan fingerprint density at radius 3 is 2.17 bits per heavy atom. The van der Waals surface area contributed by atoms with Crippen molar-refractivity contribution in [2.24, 2.45) is 11.8 Å². The Morgan fingerprint density at radius 2 is 1.50 bits per heavy atom. The maximum absolute atomic E-state index is 11.5. The average molecular weight is 655 g/mol. The van der Waals surface area contributed by atoms with Crippen LogP contribution >= 0.6 is 0 Å².